The molecule has 20 heavy (non-hydrogen) atoms. The normalized spacial score (nSPS) is 10.3. The summed E-state index contributed by atoms with van der Waals surface area (Å²) in [6.07, 6.45) is 0. The van der Waals surface area contributed by atoms with Crippen molar-refractivity contribution in [1.29, 1.82) is 0 Å². The van der Waals surface area contributed by atoms with Crippen molar-refractivity contribution in [2.45, 2.75) is 6.54 Å². The van der Waals surface area contributed by atoms with Gasteiger partial charge in [0.1, 0.15) is 11.6 Å². The van der Waals surface area contributed by atoms with Crippen LogP contribution in [0.4, 0.5) is 14.5 Å². The Morgan fingerprint density at radius 2 is 1.95 bits per heavy atom. The first kappa shape index (κ1) is 14.3. The third-order valence-corrected chi connectivity index (χ3v) is 3.05. The van der Waals surface area contributed by atoms with Gasteiger partial charge in [-0.05, 0) is 24.3 Å². The van der Waals surface area contributed by atoms with E-state index in [1.165, 1.54) is 24.3 Å². The van der Waals surface area contributed by atoms with Crippen LogP contribution >= 0.6 is 11.6 Å². The Hall–Kier alpha value is -2.14. The predicted molar refractivity (Wildman–Crippen MR) is 73.7 cm³/mol. The molecule has 0 bridgehead atoms. The van der Waals surface area contributed by atoms with Crippen molar-refractivity contribution >= 4 is 23.2 Å². The van der Waals surface area contributed by atoms with E-state index in [9.17, 15) is 13.6 Å². The van der Waals surface area contributed by atoms with Crippen LogP contribution in [0.15, 0.2) is 36.4 Å². The Labute approximate surface area is 119 Å². The number of rotatable bonds is 4. The lowest BCUT2D eigenvalue weighted by Gasteiger charge is -2.09. The summed E-state index contributed by atoms with van der Waals surface area (Å²) in [5, 5.41) is 3.14. The first-order valence-electron chi connectivity index (χ1n) is 5.74. The first-order chi connectivity index (χ1) is 9.47. The Kier molecular flexibility index (Phi) is 4.20. The molecule has 0 unspecified atom stereocenters. The topological polar surface area (TPSA) is 55.1 Å². The van der Waals surface area contributed by atoms with E-state index < -0.39 is 17.5 Å². The minimum Gasteiger partial charge on any atom is -0.381 e. The number of anilines is 1. The predicted octanol–water partition coefficient (Wildman–Crippen LogP) is 3.33. The zero-order valence-electron chi connectivity index (χ0n) is 10.3. The summed E-state index contributed by atoms with van der Waals surface area (Å²) in [5.74, 6) is -1.87. The van der Waals surface area contributed by atoms with Crippen molar-refractivity contribution in [2.24, 2.45) is 5.73 Å². The highest BCUT2D eigenvalue weighted by Crippen LogP contribution is 2.21. The number of carbonyl (C=O) groups is 1. The third-order valence-electron chi connectivity index (χ3n) is 2.73. The molecule has 0 aliphatic carbocycles. The van der Waals surface area contributed by atoms with Gasteiger partial charge in [-0.15, -0.1) is 0 Å². The maximum absolute atomic E-state index is 13.4. The van der Waals surface area contributed by atoms with Crippen LogP contribution < -0.4 is 11.1 Å². The molecule has 2 aromatic rings. The molecule has 3 nitrogen and oxygen atoms in total. The van der Waals surface area contributed by atoms with Gasteiger partial charge in [0.2, 0.25) is 5.91 Å². The van der Waals surface area contributed by atoms with E-state index in [-0.39, 0.29) is 17.1 Å². The highest BCUT2D eigenvalue weighted by atomic mass is 35.5. The lowest BCUT2D eigenvalue weighted by molar-refractivity contribution is 0.100. The summed E-state index contributed by atoms with van der Waals surface area (Å²) in [6, 6.07) is 7.96. The summed E-state index contributed by atoms with van der Waals surface area (Å²) in [7, 11) is 0. The average Bonchev–Trinajstić information content (AvgIpc) is 2.37. The number of hydrogen-bond acceptors (Lipinski definition) is 2. The summed E-state index contributed by atoms with van der Waals surface area (Å²) in [5.41, 5.74) is 6.27. The number of nitrogens with one attached hydrogen (secondary N) is 1. The molecule has 2 aromatic carbocycles. The lowest BCUT2D eigenvalue weighted by atomic mass is 10.1. The molecule has 2 rings (SSSR count). The third kappa shape index (κ3) is 3.24. The van der Waals surface area contributed by atoms with Crippen molar-refractivity contribution in [3.8, 4) is 0 Å². The van der Waals surface area contributed by atoms with Crippen LogP contribution in [0.1, 0.15) is 15.9 Å². The van der Waals surface area contributed by atoms with E-state index in [0.29, 0.717) is 11.3 Å². The molecule has 0 aromatic heterocycles. The second kappa shape index (κ2) is 5.88. The summed E-state index contributed by atoms with van der Waals surface area (Å²) >= 11 is 5.89. The van der Waals surface area contributed by atoms with Crippen molar-refractivity contribution in [3.05, 3.63) is 64.2 Å². The van der Waals surface area contributed by atoms with Gasteiger partial charge in [-0.25, -0.2) is 8.78 Å². The summed E-state index contributed by atoms with van der Waals surface area (Å²) in [6.45, 7) is 0.165. The van der Waals surface area contributed by atoms with Crippen LogP contribution in [0.2, 0.25) is 5.02 Å². The first-order valence-corrected chi connectivity index (χ1v) is 6.12. The Bertz CT molecular complexity index is 662. The highest BCUT2D eigenvalue weighted by Gasteiger charge is 2.08. The summed E-state index contributed by atoms with van der Waals surface area (Å²) < 4.78 is 26.2. The molecule has 0 atom stereocenters. The molecule has 0 spiro atoms. The van der Waals surface area contributed by atoms with Gasteiger partial charge in [-0.1, -0.05) is 17.7 Å². The molecule has 6 heteroatoms. The second-order valence-corrected chi connectivity index (χ2v) is 4.56. The molecule has 0 radical (unpaired) electrons. The zero-order valence-corrected chi connectivity index (χ0v) is 11.0. The molecular formula is C14H11ClF2N2O. The minimum atomic E-state index is -0.627. The number of benzene rings is 2. The quantitative estimate of drug-likeness (QED) is 0.909. The van der Waals surface area contributed by atoms with Crippen LogP contribution in [0.25, 0.3) is 0 Å². The fourth-order valence-electron chi connectivity index (χ4n) is 1.69. The Morgan fingerprint density at radius 1 is 1.20 bits per heavy atom. The van der Waals surface area contributed by atoms with Crippen molar-refractivity contribution in [2.75, 3.05) is 5.32 Å². The standard InChI is InChI=1S/C14H11ClF2N2O/c15-12-6-10(3-4-11(12)14(18)20)19-7-8-1-2-9(16)5-13(8)17/h1-6,19H,7H2,(H2,18,20). The SMILES string of the molecule is NC(=O)c1ccc(NCc2ccc(F)cc2F)cc1Cl. The molecule has 1 amide bonds. The van der Waals surface area contributed by atoms with Crippen LogP contribution in [-0.2, 0) is 6.54 Å². The Morgan fingerprint density at radius 3 is 2.55 bits per heavy atom. The van der Waals surface area contributed by atoms with Crippen LogP contribution in [-0.4, -0.2) is 5.91 Å². The van der Waals surface area contributed by atoms with Crippen LogP contribution in [0.3, 0.4) is 0 Å². The molecule has 0 heterocycles. The number of amides is 1. The van der Waals surface area contributed by atoms with Gasteiger partial charge < -0.3 is 11.1 Å². The number of halogens is 3. The van der Waals surface area contributed by atoms with Crippen LogP contribution in [0.5, 0.6) is 0 Å². The minimum absolute atomic E-state index is 0.165. The van der Waals surface area contributed by atoms with E-state index >= 15 is 0 Å². The van der Waals surface area contributed by atoms with E-state index in [1.54, 1.807) is 6.07 Å². The fraction of sp³-hybridized carbons (Fsp3) is 0.0714. The van der Waals surface area contributed by atoms with E-state index in [4.69, 9.17) is 17.3 Å². The van der Waals surface area contributed by atoms with Gasteiger partial charge >= 0.3 is 0 Å². The number of hydrogen-bond donors (Lipinski definition) is 2. The van der Waals surface area contributed by atoms with Crippen molar-refractivity contribution in [3.63, 3.8) is 0 Å². The maximum Gasteiger partial charge on any atom is 0.250 e. The molecule has 104 valence electrons. The summed E-state index contributed by atoms with van der Waals surface area (Å²) in [4.78, 5) is 11.0. The fourth-order valence-corrected chi connectivity index (χ4v) is 1.96. The molecule has 0 saturated carbocycles. The van der Waals surface area contributed by atoms with Gasteiger partial charge in [0.25, 0.3) is 0 Å². The monoisotopic (exact) mass is 296 g/mol. The smallest absolute Gasteiger partial charge is 0.250 e. The molecule has 0 fully saturated rings. The Balaban J connectivity index is 2.11. The lowest BCUT2D eigenvalue weighted by Crippen LogP contribution is -2.11. The van der Waals surface area contributed by atoms with E-state index in [2.05, 4.69) is 5.32 Å². The largest absolute Gasteiger partial charge is 0.381 e. The number of primary amides is 1. The molecular weight excluding hydrogens is 286 g/mol. The average molecular weight is 297 g/mol. The molecule has 3 N–H and O–H groups in total. The molecule has 0 aliphatic heterocycles. The van der Waals surface area contributed by atoms with Gasteiger partial charge in [0.15, 0.2) is 0 Å². The molecule has 0 saturated heterocycles. The van der Waals surface area contributed by atoms with Gasteiger partial charge in [0.05, 0.1) is 10.6 Å². The van der Waals surface area contributed by atoms with Crippen molar-refractivity contribution < 1.29 is 13.6 Å². The van der Waals surface area contributed by atoms with E-state index in [1.807, 2.05) is 0 Å². The second-order valence-electron chi connectivity index (χ2n) is 4.15. The number of nitrogens with two attached hydrogens (primary N) is 1. The number of carbonyl (C=O) groups excluding carboxylic acids is 1. The van der Waals surface area contributed by atoms with Gasteiger partial charge in [-0.3, -0.25) is 4.79 Å². The highest BCUT2D eigenvalue weighted by molar-refractivity contribution is 6.34. The van der Waals surface area contributed by atoms with Crippen LogP contribution in [0, 0.1) is 11.6 Å². The van der Waals surface area contributed by atoms with Crippen molar-refractivity contribution in [1.82, 2.24) is 0 Å². The van der Waals surface area contributed by atoms with Gasteiger partial charge in [0, 0.05) is 23.9 Å². The zero-order chi connectivity index (χ0) is 14.7. The maximum atomic E-state index is 13.4. The van der Waals surface area contributed by atoms with E-state index in [0.717, 1.165) is 6.07 Å². The van der Waals surface area contributed by atoms with Gasteiger partial charge in [-0.2, -0.15) is 0 Å². The molecule has 0 aliphatic rings.